The van der Waals surface area contributed by atoms with Crippen LogP contribution in [0.15, 0.2) is 42.5 Å². The van der Waals surface area contributed by atoms with Crippen molar-refractivity contribution in [3.63, 3.8) is 0 Å². The summed E-state index contributed by atoms with van der Waals surface area (Å²) in [5.74, 6) is 2.84. The van der Waals surface area contributed by atoms with Gasteiger partial charge >= 0.3 is 0 Å². The fourth-order valence-corrected chi connectivity index (χ4v) is 4.33. The lowest BCUT2D eigenvalue weighted by Crippen LogP contribution is -2.13. The highest BCUT2D eigenvalue weighted by Gasteiger charge is 2.17. The molecule has 2 aromatic carbocycles. The number of hydrogen-bond donors (Lipinski definition) is 1. The second-order valence-corrected chi connectivity index (χ2v) is 8.66. The van der Waals surface area contributed by atoms with Crippen LogP contribution in [0.5, 0.6) is 11.5 Å². The summed E-state index contributed by atoms with van der Waals surface area (Å²) >= 11 is 0. The Balaban J connectivity index is 1.17. The molecule has 3 heterocycles. The number of amides is 1. The van der Waals surface area contributed by atoms with Gasteiger partial charge in [-0.3, -0.25) is 9.59 Å². The number of carbonyl (C=O) groups is 2. The van der Waals surface area contributed by atoms with Crippen molar-refractivity contribution in [2.75, 3.05) is 18.5 Å². The zero-order chi connectivity index (χ0) is 23.3. The molecule has 1 amide bonds. The summed E-state index contributed by atoms with van der Waals surface area (Å²) in [4.78, 5) is 25.0. The van der Waals surface area contributed by atoms with E-state index in [1.165, 1.54) is 6.42 Å². The molecule has 8 heteroatoms. The maximum absolute atomic E-state index is 12.6. The first-order valence-corrected chi connectivity index (χ1v) is 11.9. The summed E-state index contributed by atoms with van der Waals surface area (Å²) in [7, 11) is 0. The molecule has 34 heavy (non-hydrogen) atoms. The highest BCUT2D eigenvalue weighted by Crippen LogP contribution is 2.31. The monoisotopic (exact) mass is 460 g/mol. The lowest BCUT2D eigenvalue weighted by atomic mass is 10.1. The minimum atomic E-state index is -0.202. The van der Waals surface area contributed by atoms with Gasteiger partial charge in [0.25, 0.3) is 0 Å². The molecule has 8 nitrogen and oxygen atoms in total. The van der Waals surface area contributed by atoms with Crippen molar-refractivity contribution in [3.8, 4) is 22.9 Å². The second-order valence-electron chi connectivity index (χ2n) is 8.66. The Morgan fingerprint density at radius 3 is 2.56 bits per heavy atom. The predicted octanol–water partition coefficient (Wildman–Crippen LogP) is 4.43. The fraction of sp³-hybridized carbons (Fsp3) is 0.385. The van der Waals surface area contributed by atoms with Crippen LogP contribution in [0.25, 0.3) is 11.4 Å². The highest BCUT2D eigenvalue weighted by molar-refractivity contribution is 6.00. The van der Waals surface area contributed by atoms with Gasteiger partial charge in [0, 0.05) is 49.0 Å². The summed E-state index contributed by atoms with van der Waals surface area (Å²) in [5, 5.41) is 11.6. The molecule has 2 aliphatic heterocycles. The van der Waals surface area contributed by atoms with Crippen LogP contribution in [0.2, 0.25) is 0 Å². The molecule has 0 fully saturated rings. The number of nitrogens with one attached hydrogen (secondary N) is 1. The van der Waals surface area contributed by atoms with E-state index in [0.29, 0.717) is 36.0 Å². The van der Waals surface area contributed by atoms with E-state index in [1.807, 2.05) is 24.3 Å². The van der Waals surface area contributed by atoms with E-state index in [0.717, 1.165) is 49.4 Å². The summed E-state index contributed by atoms with van der Waals surface area (Å²) in [6.07, 6.45) is 5.50. The van der Waals surface area contributed by atoms with Crippen LogP contribution in [-0.4, -0.2) is 39.7 Å². The molecule has 3 aromatic rings. The van der Waals surface area contributed by atoms with Crippen LogP contribution in [0.1, 0.15) is 54.7 Å². The maximum Gasteiger partial charge on any atom is 0.224 e. The van der Waals surface area contributed by atoms with Gasteiger partial charge in [-0.1, -0.05) is 6.42 Å². The van der Waals surface area contributed by atoms with Crippen LogP contribution in [0.4, 0.5) is 5.69 Å². The first-order chi connectivity index (χ1) is 16.7. The molecule has 0 radical (unpaired) electrons. The van der Waals surface area contributed by atoms with E-state index in [2.05, 4.69) is 20.1 Å². The van der Waals surface area contributed by atoms with Crippen LogP contribution in [-0.2, 0) is 17.8 Å². The number of benzene rings is 2. The van der Waals surface area contributed by atoms with Crippen molar-refractivity contribution in [2.45, 2.75) is 51.5 Å². The van der Waals surface area contributed by atoms with E-state index >= 15 is 0 Å². The molecule has 0 aliphatic carbocycles. The number of ketones is 1. The third kappa shape index (κ3) is 4.95. The second kappa shape index (κ2) is 10.1. The van der Waals surface area contributed by atoms with Crippen molar-refractivity contribution in [1.29, 1.82) is 0 Å². The summed E-state index contributed by atoms with van der Waals surface area (Å²) in [6.45, 7) is 2.10. The van der Waals surface area contributed by atoms with E-state index < -0.39 is 0 Å². The lowest BCUT2D eigenvalue weighted by Gasteiger charge is -2.10. The highest BCUT2D eigenvalue weighted by atomic mass is 16.5. The largest absolute Gasteiger partial charge is 0.490 e. The number of rotatable bonds is 6. The molecule has 0 bridgehead atoms. The van der Waals surface area contributed by atoms with Crippen molar-refractivity contribution in [2.24, 2.45) is 0 Å². The number of fused-ring (bicyclic) bond motifs is 2. The van der Waals surface area contributed by atoms with E-state index in [9.17, 15) is 9.59 Å². The quantitative estimate of drug-likeness (QED) is 0.547. The van der Waals surface area contributed by atoms with Gasteiger partial charge in [0.2, 0.25) is 5.91 Å². The number of carbonyl (C=O) groups excluding carboxylic acids is 2. The molecule has 0 unspecified atom stereocenters. The van der Waals surface area contributed by atoms with Gasteiger partial charge in [-0.05, 0) is 55.3 Å². The Morgan fingerprint density at radius 2 is 1.71 bits per heavy atom. The summed E-state index contributed by atoms with van der Waals surface area (Å²) in [6, 6.07) is 12.8. The van der Waals surface area contributed by atoms with E-state index in [4.69, 9.17) is 9.47 Å². The molecule has 176 valence electrons. The third-order valence-electron chi connectivity index (χ3n) is 6.18. The first kappa shape index (κ1) is 22.1. The standard InChI is InChI=1S/C26H28N4O4/c31-21(19-8-12-22-23(17-19)34-16-4-15-33-22)11-13-25(32)27-20-9-6-18(7-10-20)26-29-28-24-5-2-1-3-14-30(24)26/h6-10,12,17H,1-5,11,13-16H2,(H,27,32). The third-order valence-corrected chi connectivity index (χ3v) is 6.18. The van der Waals surface area contributed by atoms with E-state index in [1.54, 1.807) is 18.2 Å². The summed E-state index contributed by atoms with van der Waals surface area (Å²) in [5.41, 5.74) is 2.18. The number of aromatic nitrogens is 3. The molecule has 2 aliphatic rings. The summed E-state index contributed by atoms with van der Waals surface area (Å²) < 4.78 is 13.5. The Hall–Kier alpha value is -3.68. The minimum Gasteiger partial charge on any atom is -0.490 e. The van der Waals surface area contributed by atoms with Crippen molar-refractivity contribution in [3.05, 3.63) is 53.9 Å². The molecule has 0 atom stereocenters. The minimum absolute atomic E-state index is 0.103. The average Bonchev–Trinajstić information content (AvgIpc) is 3.01. The lowest BCUT2D eigenvalue weighted by molar-refractivity contribution is -0.116. The zero-order valence-corrected chi connectivity index (χ0v) is 19.1. The first-order valence-electron chi connectivity index (χ1n) is 11.9. The van der Waals surface area contributed by atoms with Gasteiger partial charge in [-0.15, -0.1) is 10.2 Å². The van der Waals surface area contributed by atoms with Gasteiger partial charge in [-0.25, -0.2) is 0 Å². The molecule has 0 spiro atoms. The molecule has 1 N–H and O–H groups in total. The Bertz CT molecular complexity index is 1190. The number of anilines is 1. The Morgan fingerprint density at radius 1 is 0.882 bits per heavy atom. The predicted molar refractivity (Wildman–Crippen MR) is 127 cm³/mol. The van der Waals surface area contributed by atoms with Crippen LogP contribution in [0.3, 0.4) is 0 Å². The average molecular weight is 461 g/mol. The van der Waals surface area contributed by atoms with Crippen molar-refractivity contribution < 1.29 is 19.1 Å². The maximum atomic E-state index is 12.6. The number of hydrogen-bond acceptors (Lipinski definition) is 6. The van der Waals surface area contributed by atoms with Gasteiger partial charge in [-0.2, -0.15) is 0 Å². The van der Waals surface area contributed by atoms with Gasteiger partial charge in [0.1, 0.15) is 5.82 Å². The van der Waals surface area contributed by atoms with Crippen molar-refractivity contribution >= 4 is 17.4 Å². The fourth-order valence-electron chi connectivity index (χ4n) is 4.33. The molecule has 0 saturated carbocycles. The zero-order valence-electron chi connectivity index (χ0n) is 19.1. The Kier molecular flexibility index (Phi) is 6.56. The van der Waals surface area contributed by atoms with Gasteiger partial charge in [0.15, 0.2) is 23.1 Å². The van der Waals surface area contributed by atoms with Crippen LogP contribution >= 0.6 is 0 Å². The van der Waals surface area contributed by atoms with Crippen LogP contribution in [0, 0.1) is 0 Å². The number of nitrogens with zero attached hydrogens (tertiary/aromatic N) is 3. The van der Waals surface area contributed by atoms with Gasteiger partial charge in [0.05, 0.1) is 13.2 Å². The SMILES string of the molecule is O=C(CCC(=O)c1ccc2c(c1)OCCCO2)Nc1ccc(-c2nnc3n2CCCCC3)cc1. The van der Waals surface area contributed by atoms with Gasteiger partial charge < -0.3 is 19.4 Å². The number of Topliss-reactive ketones (excluding diaryl/α,β-unsaturated/α-hetero) is 1. The molecular formula is C26H28N4O4. The topological polar surface area (TPSA) is 95.3 Å². The molecular weight excluding hydrogens is 432 g/mol. The molecule has 5 rings (SSSR count). The number of ether oxygens (including phenoxy) is 2. The van der Waals surface area contributed by atoms with Crippen molar-refractivity contribution in [1.82, 2.24) is 14.8 Å². The molecule has 1 aromatic heterocycles. The van der Waals surface area contributed by atoms with E-state index in [-0.39, 0.29) is 24.5 Å². The molecule has 0 saturated heterocycles. The normalized spacial score (nSPS) is 15.1. The smallest absolute Gasteiger partial charge is 0.224 e. The Labute approximate surface area is 198 Å². The van der Waals surface area contributed by atoms with Crippen LogP contribution < -0.4 is 14.8 Å². The number of aryl methyl sites for hydroxylation is 1.